The van der Waals surface area contributed by atoms with Crippen LogP contribution in [0.4, 0.5) is 0 Å². The van der Waals surface area contributed by atoms with E-state index in [-0.39, 0.29) is 10.6 Å². The number of nitrogens with one attached hydrogen (secondary N) is 2. The zero-order chi connectivity index (χ0) is 15.6. The summed E-state index contributed by atoms with van der Waals surface area (Å²) in [5, 5.41) is 16.0. The molecule has 8 heteroatoms. The van der Waals surface area contributed by atoms with E-state index in [9.17, 15) is 13.5 Å². The van der Waals surface area contributed by atoms with Crippen LogP contribution < -0.4 is 4.72 Å². The van der Waals surface area contributed by atoms with Gasteiger partial charge in [0, 0.05) is 22.3 Å². The normalized spacial score (nSPS) is 13.3. The standard InChI is InChI=1S/C13H16ClN3O3S/c1-8(10-3-5-11(14)6-4-10)17-21(19,20)13-12(7-18)9(2)15-16-13/h3-6,8,17-18H,7H2,1-2H3,(H,15,16). The molecule has 6 nitrogen and oxygen atoms in total. The topological polar surface area (TPSA) is 95.1 Å². The van der Waals surface area contributed by atoms with Crippen LogP contribution in [0.15, 0.2) is 29.3 Å². The Hall–Kier alpha value is -1.41. The lowest BCUT2D eigenvalue weighted by molar-refractivity contribution is 0.277. The predicted octanol–water partition coefficient (Wildman–Crippen LogP) is 1.90. The Morgan fingerprint density at radius 3 is 2.57 bits per heavy atom. The fourth-order valence-electron chi connectivity index (χ4n) is 1.95. The van der Waals surface area contributed by atoms with Gasteiger partial charge in [-0.15, -0.1) is 0 Å². The van der Waals surface area contributed by atoms with Crippen LogP contribution in [0.2, 0.25) is 5.02 Å². The quantitative estimate of drug-likeness (QED) is 0.780. The first-order valence-corrected chi connectivity index (χ1v) is 8.13. The van der Waals surface area contributed by atoms with E-state index in [0.29, 0.717) is 10.7 Å². The molecule has 2 aromatic rings. The molecular formula is C13H16ClN3O3S. The highest BCUT2D eigenvalue weighted by Gasteiger charge is 2.25. The summed E-state index contributed by atoms with van der Waals surface area (Å²) in [5.41, 5.74) is 1.57. The third-order valence-electron chi connectivity index (χ3n) is 3.15. The molecule has 21 heavy (non-hydrogen) atoms. The number of sulfonamides is 1. The largest absolute Gasteiger partial charge is 0.392 e. The maximum atomic E-state index is 12.3. The molecule has 0 amide bonds. The number of benzene rings is 1. The maximum absolute atomic E-state index is 12.3. The zero-order valence-electron chi connectivity index (χ0n) is 11.6. The molecule has 114 valence electrons. The van der Waals surface area contributed by atoms with Gasteiger partial charge in [-0.05, 0) is 31.5 Å². The molecule has 1 aromatic heterocycles. The third kappa shape index (κ3) is 3.44. The van der Waals surface area contributed by atoms with Gasteiger partial charge >= 0.3 is 0 Å². The van der Waals surface area contributed by atoms with E-state index in [0.717, 1.165) is 5.56 Å². The molecule has 0 aliphatic carbocycles. The lowest BCUT2D eigenvalue weighted by Crippen LogP contribution is -2.28. The number of H-pyrrole nitrogens is 1. The molecular weight excluding hydrogens is 314 g/mol. The minimum absolute atomic E-state index is 0.177. The molecule has 0 fully saturated rings. The minimum atomic E-state index is -3.83. The van der Waals surface area contributed by atoms with Crippen molar-refractivity contribution in [3.05, 3.63) is 46.1 Å². The van der Waals surface area contributed by atoms with Crippen molar-refractivity contribution < 1.29 is 13.5 Å². The number of aliphatic hydroxyl groups is 1. The summed E-state index contributed by atoms with van der Waals surface area (Å²) >= 11 is 5.81. The molecule has 1 unspecified atom stereocenters. The van der Waals surface area contributed by atoms with E-state index in [4.69, 9.17) is 11.6 Å². The molecule has 0 spiro atoms. The number of aromatic nitrogens is 2. The van der Waals surface area contributed by atoms with Gasteiger partial charge in [-0.2, -0.15) is 5.10 Å². The summed E-state index contributed by atoms with van der Waals surface area (Å²) in [5.74, 6) is 0. The van der Waals surface area contributed by atoms with Crippen molar-refractivity contribution in [2.45, 2.75) is 31.5 Å². The Bertz CT molecular complexity index is 726. The molecule has 1 atom stereocenters. The van der Waals surface area contributed by atoms with Gasteiger partial charge in [0.15, 0.2) is 5.03 Å². The van der Waals surface area contributed by atoms with Gasteiger partial charge in [0.1, 0.15) is 0 Å². The van der Waals surface area contributed by atoms with E-state index in [1.54, 1.807) is 38.1 Å². The van der Waals surface area contributed by atoms with Crippen molar-refractivity contribution in [1.82, 2.24) is 14.9 Å². The van der Waals surface area contributed by atoms with Crippen LogP contribution in [0.3, 0.4) is 0 Å². The fourth-order valence-corrected chi connectivity index (χ4v) is 3.49. The second kappa shape index (κ2) is 6.15. The average molecular weight is 330 g/mol. The molecule has 1 heterocycles. The molecule has 0 bridgehead atoms. The van der Waals surface area contributed by atoms with Gasteiger partial charge in [-0.25, -0.2) is 13.1 Å². The number of halogens is 1. The number of hydrogen-bond donors (Lipinski definition) is 3. The predicted molar refractivity (Wildman–Crippen MR) is 79.4 cm³/mol. The van der Waals surface area contributed by atoms with Gasteiger partial charge in [0.25, 0.3) is 10.0 Å². The summed E-state index contributed by atoms with van der Waals surface area (Å²) in [4.78, 5) is 0. The highest BCUT2D eigenvalue weighted by atomic mass is 35.5. The Kier molecular flexibility index (Phi) is 4.67. The van der Waals surface area contributed by atoms with E-state index in [1.165, 1.54) is 0 Å². The summed E-state index contributed by atoms with van der Waals surface area (Å²) < 4.78 is 27.2. The van der Waals surface area contributed by atoms with Crippen LogP contribution in [0.5, 0.6) is 0 Å². The number of aliphatic hydroxyl groups excluding tert-OH is 1. The van der Waals surface area contributed by atoms with Crippen LogP contribution in [-0.2, 0) is 16.6 Å². The van der Waals surface area contributed by atoms with Crippen molar-refractivity contribution in [1.29, 1.82) is 0 Å². The summed E-state index contributed by atoms with van der Waals surface area (Å²) in [7, 11) is -3.83. The van der Waals surface area contributed by atoms with E-state index in [2.05, 4.69) is 14.9 Å². The summed E-state index contributed by atoms with van der Waals surface area (Å²) in [6.07, 6.45) is 0. The summed E-state index contributed by atoms with van der Waals surface area (Å²) in [6, 6.07) is 6.44. The average Bonchev–Trinajstić information content (AvgIpc) is 2.80. The molecule has 0 aliphatic heterocycles. The minimum Gasteiger partial charge on any atom is -0.392 e. The van der Waals surface area contributed by atoms with Crippen molar-refractivity contribution in [3.63, 3.8) is 0 Å². The molecule has 3 N–H and O–H groups in total. The first kappa shape index (κ1) is 16.0. The first-order valence-electron chi connectivity index (χ1n) is 6.27. The van der Waals surface area contributed by atoms with Crippen molar-refractivity contribution in [2.75, 3.05) is 0 Å². The highest BCUT2D eigenvalue weighted by molar-refractivity contribution is 7.89. The Morgan fingerprint density at radius 1 is 1.38 bits per heavy atom. The van der Waals surface area contributed by atoms with Crippen molar-refractivity contribution >= 4 is 21.6 Å². The van der Waals surface area contributed by atoms with Crippen LogP contribution in [0, 0.1) is 6.92 Å². The first-order chi connectivity index (χ1) is 9.85. The van der Waals surface area contributed by atoms with Crippen LogP contribution >= 0.6 is 11.6 Å². The molecule has 1 aromatic carbocycles. The molecule has 0 radical (unpaired) electrons. The van der Waals surface area contributed by atoms with Gasteiger partial charge < -0.3 is 5.11 Å². The lowest BCUT2D eigenvalue weighted by Gasteiger charge is -2.14. The Balaban J connectivity index is 2.26. The second-order valence-electron chi connectivity index (χ2n) is 4.68. The number of rotatable bonds is 5. The number of aryl methyl sites for hydroxylation is 1. The van der Waals surface area contributed by atoms with Gasteiger partial charge in [-0.1, -0.05) is 23.7 Å². The molecule has 2 rings (SSSR count). The van der Waals surface area contributed by atoms with Crippen LogP contribution in [0.1, 0.15) is 29.8 Å². The second-order valence-corrected chi connectivity index (χ2v) is 6.75. The van der Waals surface area contributed by atoms with Gasteiger partial charge in [0.2, 0.25) is 0 Å². The number of hydrogen-bond acceptors (Lipinski definition) is 4. The maximum Gasteiger partial charge on any atom is 0.260 e. The fraction of sp³-hybridized carbons (Fsp3) is 0.308. The third-order valence-corrected chi connectivity index (χ3v) is 4.91. The van der Waals surface area contributed by atoms with E-state index < -0.39 is 22.7 Å². The lowest BCUT2D eigenvalue weighted by atomic mass is 10.1. The van der Waals surface area contributed by atoms with E-state index >= 15 is 0 Å². The van der Waals surface area contributed by atoms with Crippen LogP contribution in [0.25, 0.3) is 0 Å². The van der Waals surface area contributed by atoms with Crippen molar-refractivity contribution in [2.24, 2.45) is 0 Å². The number of nitrogens with zero attached hydrogens (tertiary/aromatic N) is 1. The number of aromatic amines is 1. The molecule has 0 aliphatic rings. The van der Waals surface area contributed by atoms with Crippen LogP contribution in [-0.4, -0.2) is 23.7 Å². The molecule has 0 saturated carbocycles. The van der Waals surface area contributed by atoms with Gasteiger partial charge in [0.05, 0.1) is 6.61 Å². The van der Waals surface area contributed by atoms with Crippen molar-refractivity contribution in [3.8, 4) is 0 Å². The Labute approximate surface area is 128 Å². The molecule has 0 saturated heterocycles. The Morgan fingerprint density at radius 2 is 2.00 bits per heavy atom. The summed E-state index contributed by atoms with van der Waals surface area (Å²) in [6.45, 7) is 2.98. The van der Waals surface area contributed by atoms with E-state index in [1.807, 2.05) is 0 Å². The zero-order valence-corrected chi connectivity index (χ0v) is 13.2. The SMILES string of the molecule is Cc1[nH]nc(S(=O)(=O)NC(C)c2ccc(Cl)cc2)c1CO. The highest BCUT2D eigenvalue weighted by Crippen LogP contribution is 2.21. The smallest absolute Gasteiger partial charge is 0.260 e. The monoisotopic (exact) mass is 329 g/mol. The van der Waals surface area contributed by atoms with Gasteiger partial charge in [-0.3, -0.25) is 5.10 Å².